The van der Waals surface area contributed by atoms with Crippen molar-refractivity contribution in [2.45, 2.75) is 13.1 Å². The maximum absolute atomic E-state index is 12.3. The molecule has 4 nitrogen and oxygen atoms in total. The molecule has 1 aromatic heterocycles. The summed E-state index contributed by atoms with van der Waals surface area (Å²) < 4.78 is 37.9. The van der Waals surface area contributed by atoms with E-state index in [1.54, 1.807) is 0 Å². The highest BCUT2D eigenvalue weighted by Gasteiger charge is 2.39. The van der Waals surface area contributed by atoms with Crippen LogP contribution in [0.2, 0.25) is 0 Å². The predicted octanol–water partition coefficient (Wildman–Crippen LogP) is 0.846. The molecule has 0 unspecified atom stereocenters. The quantitative estimate of drug-likeness (QED) is 0.741. The van der Waals surface area contributed by atoms with Crippen molar-refractivity contribution in [3.8, 4) is 0 Å². The number of aromatic nitrogens is 2. The Hall–Kier alpha value is -1.53. The van der Waals surface area contributed by atoms with Gasteiger partial charge in [0.2, 0.25) is 0 Å². The topological polar surface area (TPSA) is 60.9 Å². The second-order valence-electron chi connectivity index (χ2n) is 2.79. The highest BCUT2D eigenvalue weighted by Crippen LogP contribution is 2.31. The SMILES string of the molecule is Cc1c(C(N)=O)c(C(F)(F)F)nn1C. The lowest BCUT2D eigenvalue weighted by Gasteiger charge is -2.03. The first kappa shape index (κ1) is 10.6. The molecule has 0 saturated heterocycles. The number of rotatable bonds is 1. The third-order valence-electron chi connectivity index (χ3n) is 1.85. The van der Waals surface area contributed by atoms with Crippen LogP contribution in [-0.4, -0.2) is 15.7 Å². The van der Waals surface area contributed by atoms with E-state index in [1.165, 1.54) is 14.0 Å². The second-order valence-corrected chi connectivity index (χ2v) is 2.79. The van der Waals surface area contributed by atoms with Gasteiger partial charge < -0.3 is 5.73 Å². The summed E-state index contributed by atoms with van der Waals surface area (Å²) >= 11 is 0. The average molecular weight is 207 g/mol. The predicted molar refractivity (Wildman–Crippen MR) is 41.5 cm³/mol. The molecule has 0 aliphatic heterocycles. The van der Waals surface area contributed by atoms with E-state index in [1.807, 2.05) is 0 Å². The van der Waals surface area contributed by atoms with Gasteiger partial charge in [-0.2, -0.15) is 18.3 Å². The minimum atomic E-state index is -4.66. The Labute approximate surface area is 77.5 Å². The van der Waals surface area contributed by atoms with Crippen molar-refractivity contribution >= 4 is 5.91 Å². The van der Waals surface area contributed by atoms with E-state index in [9.17, 15) is 18.0 Å². The molecule has 0 aromatic carbocycles. The number of carbonyl (C=O) groups excluding carboxylic acids is 1. The number of amides is 1. The molecule has 0 atom stereocenters. The Morgan fingerprint density at radius 1 is 1.50 bits per heavy atom. The van der Waals surface area contributed by atoms with Crippen molar-refractivity contribution in [1.29, 1.82) is 0 Å². The molecule has 1 aromatic rings. The summed E-state index contributed by atoms with van der Waals surface area (Å²) in [6.07, 6.45) is -4.66. The highest BCUT2D eigenvalue weighted by atomic mass is 19.4. The number of nitrogens with two attached hydrogens (primary N) is 1. The number of halogens is 3. The van der Waals surface area contributed by atoms with Crippen molar-refractivity contribution in [3.63, 3.8) is 0 Å². The van der Waals surface area contributed by atoms with Gasteiger partial charge in [-0.3, -0.25) is 9.48 Å². The summed E-state index contributed by atoms with van der Waals surface area (Å²) in [6, 6.07) is 0. The molecule has 1 heterocycles. The molecule has 1 amide bonds. The minimum Gasteiger partial charge on any atom is -0.365 e. The van der Waals surface area contributed by atoms with Crippen LogP contribution < -0.4 is 5.73 Å². The first-order valence-corrected chi connectivity index (χ1v) is 3.65. The Morgan fingerprint density at radius 3 is 2.29 bits per heavy atom. The van der Waals surface area contributed by atoms with Crippen LogP contribution in [0.1, 0.15) is 21.7 Å². The molecule has 1 rings (SSSR count). The van der Waals surface area contributed by atoms with Gasteiger partial charge in [-0.05, 0) is 6.92 Å². The third kappa shape index (κ3) is 1.57. The average Bonchev–Trinajstić information content (AvgIpc) is 2.27. The number of nitrogens with zero attached hydrogens (tertiary/aromatic N) is 2. The van der Waals surface area contributed by atoms with Crippen molar-refractivity contribution in [2.24, 2.45) is 12.8 Å². The van der Waals surface area contributed by atoms with E-state index < -0.39 is 23.3 Å². The van der Waals surface area contributed by atoms with E-state index in [2.05, 4.69) is 5.10 Å². The van der Waals surface area contributed by atoms with Crippen molar-refractivity contribution in [2.75, 3.05) is 0 Å². The lowest BCUT2D eigenvalue weighted by Crippen LogP contribution is -2.18. The summed E-state index contributed by atoms with van der Waals surface area (Å²) in [4.78, 5) is 10.8. The van der Waals surface area contributed by atoms with Gasteiger partial charge in [0.05, 0.1) is 5.56 Å². The largest absolute Gasteiger partial charge is 0.435 e. The van der Waals surface area contributed by atoms with Crippen LogP contribution in [0.15, 0.2) is 0 Å². The van der Waals surface area contributed by atoms with Gasteiger partial charge >= 0.3 is 6.18 Å². The molecule has 7 heteroatoms. The minimum absolute atomic E-state index is 0.102. The van der Waals surface area contributed by atoms with Gasteiger partial charge in [0.1, 0.15) is 0 Å². The third-order valence-corrected chi connectivity index (χ3v) is 1.85. The monoisotopic (exact) mass is 207 g/mol. The van der Waals surface area contributed by atoms with Gasteiger partial charge in [0, 0.05) is 12.7 Å². The molecule has 14 heavy (non-hydrogen) atoms. The summed E-state index contributed by atoms with van der Waals surface area (Å²) in [5.41, 5.74) is 3.13. The Kier molecular flexibility index (Phi) is 2.26. The first-order chi connectivity index (χ1) is 6.25. The van der Waals surface area contributed by atoms with Crippen LogP contribution in [0.3, 0.4) is 0 Å². The zero-order chi connectivity index (χ0) is 11.1. The molecule has 0 fully saturated rings. The van der Waals surface area contributed by atoms with Crippen LogP contribution in [-0.2, 0) is 13.2 Å². The summed E-state index contributed by atoms with van der Waals surface area (Å²) in [7, 11) is 1.32. The smallest absolute Gasteiger partial charge is 0.365 e. The van der Waals surface area contributed by atoms with Gasteiger partial charge in [-0.25, -0.2) is 0 Å². The van der Waals surface area contributed by atoms with Crippen LogP contribution in [0.25, 0.3) is 0 Å². The zero-order valence-corrected chi connectivity index (χ0v) is 7.51. The van der Waals surface area contributed by atoms with E-state index >= 15 is 0 Å². The maximum Gasteiger partial charge on any atom is 0.435 e. The summed E-state index contributed by atoms with van der Waals surface area (Å²) in [5.74, 6) is -1.12. The summed E-state index contributed by atoms with van der Waals surface area (Å²) in [5, 5.41) is 3.19. The Balaban J connectivity index is 3.45. The van der Waals surface area contributed by atoms with E-state index in [0.717, 1.165) is 4.68 Å². The van der Waals surface area contributed by atoms with Crippen molar-refractivity contribution in [1.82, 2.24) is 9.78 Å². The molecule has 0 saturated carbocycles. The number of carbonyl (C=O) groups is 1. The van der Waals surface area contributed by atoms with Gasteiger partial charge in [0.15, 0.2) is 5.69 Å². The lowest BCUT2D eigenvalue weighted by atomic mass is 10.2. The fourth-order valence-electron chi connectivity index (χ4n) is 1.10. The van der Waals surface area contributed by atoms with Gasteiger partial charge in [-0.15, -0.1) is 0 Å². The number of primary amides is 1. The molecule has 78 valence electrons. The molecule has 2 N–H and O–H groups in total. The Morgan fingerprint density at radius 2 is 2.00 bits per heavy atom. The fourth-order valence-corrected chi connectivity index (χ4v) is 1.10. The molecule has 0 aliphatic carbocycles. The number of hydrogen-bond donors (Lipinski definition) is 1. The molecule has 0 aliphatic rings. The first-order valence-electron chi connectivity index (χ1n) is 3.65. The molecule has 0 radical (unpaired) electrons. The molecule has 0 spiro atoms. The number of aryl methyl sites for hydroxylation is 1. The lowest BCUT2D eigenvalue weighted by molar-refractivity contribution is -0.141. The van der Waals surface area contributed by atoms with Crippen molar-refractivity contribution in [3.05, 3.63) is 17.0 Å². The molecule has 0 bridgehead atoms. The van der Waals surface area contributed by atoms with Crippen LogP contribution >= 0.6 is 0 Å². The molecular weight excluding hydrogens is 199 g/mol. The van der Waals surface area contributed by atoms with E-state index in [4.69, 9.17) is 5.73 Å². The van der Waals surface area contributed by atoms with E-state index in [0.29, 0.717) is 0 Å². The fraction of sp³-hybridized carbons (Fsp3) is 0.429. The number of hydrogen-bond acceptors (Lipinski definition) is 2. The molecular formula is C7H8F3N3O. The highest BCUT2D eigenvalue weighted by molar-refractivity contribution is 5.95. The normalized spacial score (nSPS) is 11.8. The summed E-state index contributed by atoms with van der Waals surface area (Å²) in [6.45, 7) is 1.35. The van der Waals surface area contributed by atoms with Crippen LogP contribution in [0, 0.1) is 6.92 Å². The number of alkyl halides is 3. The Bertz CT molecular complexity index is 380. The second kappa shape index (κ2) is 3.00. The van der Waals surface area contributed by atoms with Gasteiger partial charge in [-0.1, -0.05) is 0 Å². The standard InChI is InChI=1S/C7H8F3N3O/c1-3-4(6(11)14)5(7(8,9)10)12-13(3)2/h1-2H3,(H2,11,14). The zero-order valence-electron chi connectivity index (χ0n) is 7.51. The van der Waals surface area contributed by atoms with Gasteiger partial charge in [0.25, 0.3) is 5.91 Å². The maximum atomic E-state index is 12.3. The van der Waals surface area contributed by atoms with E-state index in [-0.39, 0.29) is 5.69 Å². The van der Waals surface area contributed by atoms with Crippen molar-refractivity contribution < 1.29 is 18.0 Å². The van der Waals surface area contributed by atoms with Crippen LogP contribution in [0.4, 0.5) is 13.2 Å². The van der Waals surface area contributed by atoms with Crippen LogP contribution in [0.5, 0.6) is 0 Å².